The normalized spacial score (nSPS) is 38.0. The summed E-state index contributed by atoms with van der Waals surface area (Å²) < 4.78 is 5.50. The zero-order chi connectivity index (χ0) is 10.1. The lowest BCUT2D eigenvalue weighted by Gasteiger charge is -2.41. The van der Waals surface area contributed by atoms with E-state index in [1.165, 1.54) is 25.9 Å². The molecule has 0 aliphatic carbocycles. The minimum Gasteiger partial charge on any atom is -0.455 e. The van der Waals surface area contributed by atoms with Crippen molar-refractivity contribution in [2.75, 3.05) is 19.6 Å². The van der Waals surface area contributed by atoms with Gasteiger partial charge in [0, 0.05) is 18.8 Å². The van der Waals surface area contributed by atoms with Crippen molar-refractivity contribution >= 4 is 28.6 Å². The summed E-state index contributed by atoms with van der Waals surface area (Å²) in [5.74, 6) is 0.607. The zero-order valence-corrected chi connectivity index (χ0v) is 10.6. The van der Waals surface area contributed by atoms with Crippen molar-refractivity contribution in [2.45, 2.75) is 29.8 Å². The molecule has 14 heavy (non-hydrogen) atoms. The van der Waals surface area contributed by atoms with Crippen LogP contribution >= 0.6 is 22.6 Å². The average Bonchev–Trinajstić information content (AvgIpc) is 2.19. The fourth-order valence-electron chi connectivity index (χ4n) is 2.46. The van der Waals surface area contributed by atoms with Crippen LogP contribution in [0.25, 0.3) is 0 Å². The van der Waals surface area contributed by atoms with E-state index in [4.69, 9.17) is 4.74 Å². The van der Waals surface area contributed by atoms with Crippen LogP contribution in [-0.4, -0.2) is 35.6 Å². The molecule has 3 fully saturated rings. The quantitative estimate of drug-likeness (QED) is 0.443. The molecule has 4 heteroatoms. The second-order valence-electron chi connectivity index (χ2n) is 4.38. The monoisotopic (exact) mass is 310 g/mol. The van der Waals surface area contributed by atoms with E-state index in [0.29, 0.717) is 5.92 Å². The number of quaternary nitrogens is 1. The molecule has 3 aliphatic rings. The van der Waals surface area contributed by atoms with Crippen molar-refractivity contribution in [1.29, 1.82) is 0 Å². The number of piperidine rings is 3. The largest absolute Gasteiger partial charge is 0.455 e. The van der Waals surface area contributed by atoms with E-state index < -0.39 is 0 Å². The number of carbonyl (C=O) groups excluding carboxylic acids is 1. The van der Waals surface area contributed by atoms with Crippen molar-refractivity contribution in [3.63, 3.8) is 0 Å². The maximum atomic E-state index is 11.4. The minimum absolute atomic E-state index is 0.0157. The van der Waals surface area contributed by atoms with Crippen LogP contribution in [0.1, 0.15) is 19.8 Å². The van der Waals surface area contributed by atoms with Gasteiger partial charge in [-0.3, -0.25) is 4.79 Å². The van der Waals surface area contributed by atoms with Gasteiger partial charge in [0.05, 0.1) is 13.1 Å². The lowest BCUT2D eigenvalue weighted by molar-refractivity contribution is -0.920. The number of alkyl halides is 1. The summed E-state index contributed by atoms with van der Waals surface area (Å²) in [6.07, 6.45) is 2.68. The molecule has 0 saturated carbocycles. The van der Waals surface area contributed by atoms with E-state index in [1.54, 1.807) is 4.90 Å². The third-order valence-corrected chi connectivity index (χ3v) is 3.85. The van der Waals surface area contributed by atoms with Crippen molar-refractivity contribution in [2.24, 2.45) is 5.92 Å². The van der Waals surface area contributed by atoms with Gasteiger partial charge in [0.25, 0.3) is 0 Å². The molecule has 0 aromatic carbocycles. The summed E-state index contributed by atoms with van der Waals surface area (Å²) >= 11 is 2.11. The van der Waals surface area contributed by atoms with Gasteiger partial charge in [-0.05, 0) is 6.92 Å². The van der Waals surface area contributed by atoms with Crippen LogP contribution in [0.15, 0.2) is 0 Å². The van der Waals surface area contributed by atoms with Crippen molar-refractivity contribution < 1.29 is 14.4 Å². The van der Waals surface area contributed by atoms with Crippen LogP contribution in [0.5, 0.6) is 0 Å². The van der Waals surface area contributed by atoms with Gasteiger partial charge in [-0.1, -0.05) is 22.6 Å². The summed E-state index contributed by atoms with van der Waals surface area (Å²) in [4.78, 5) is 13.1. The number of fused-ring (bicyclic) bond motifs is 3. The van der Waals surface area contributed by atoms with E-state index >= 15 is 0 Å². The van der Waals surface area contributed by atoms with Gasteiger partial charge in [0.2, 0.25) is 0 Å². The lowest BCUT2D eigenvalue weighted by Crippen LogP contribution is -3.16. The molecule has 3 nitrogen and oxygen atoms in total. The molecule has 3 saturated heterocycles. The molecule has 1 N–H and O–H groups in total. The number of halogens is 1. The zero-order valence-electron chi connectivity index (χ0n) is 8.46. The van der Waals surface area contributed by atoms with Crippen LogP contribution in [0, 0.1) is 5.92 Å². The van der Waals surface area contributed by atoms with E-state index in [0.717, 1.165) is 6.54 Å². The van der Waals surface area contributed by atoms with Crippen LogP contribution in [-0.2, 0) is 9.53 Å². The standard InChI is InChI=1S/C10H16INO2/c1-7(11)10(13)14-9-6-12-4-2-8(9)3-5-12/h7-9H,2-6H2,1H3/p+1. The highest BCUT2D eigenvalue weighted by Gasteiger charge is 2.39. The van der Waals surface area contributed by atoms with Gasteiger partial charge in [-0.2, -0.15) is 0 Å². The second kappa shape index (κ2) is 4.35. The molecule has 0 aromatic rings. The highest BCUT2D eigenvalue weighted by Crippen LogP contribution is 2.21. The number of esters is 1. The van der Waals surface area contributed by atoms with Gasteiger partial charge in [0.15, 0.2) is 6.10 Å². The molecule has 80 valence electrons. The lowest BCUT2D eigenvalue weighted by atomic mass is 9.86. The maximum Gasteiger partial charge on any atom is 0.319 e. The van der Waals surface area contributed by atoms with E-state index in [-0.39, 0.29) is 16.0 Å². The Morgan fingerprint density at radius 1 is 1.50 bits per heavy atom. The molecule has 3 aliphatic heterocycles. The molecule has 0 aromatic heterocycles. The minimum atomic E-state index is -0.0382. The Morgan fingerprint density at radius 3 is 2.57 bits per heavy atom. The Kier molecular flexibility index (Phi) is 3.31. The summed E-state index contributed by atoms with van der Waals surface area (Å²) in [5.41, 5.74) is 0. The van der Waals surface area contributed by atoms with E-state index in [1.807, 2.05) is 6.92 Å². The van der Waals surface area contributed by atoms with E-state index in [9.17, 15) is 4.79 Å². The van der Waals surface area contributed by atoms with Gasteiger partial charge in [-0.25, -0.2) is 0 Å². The Hall–Kier alpha value is 0.160. The molecule has 3 rings (SSSR count). The molecule has 2 unspecified atom stereocenters. The fraction of sp³-hybridized carbons (Fsp3) is 0.900. The van der Waals surface area contributed by atoms with Crippen molar-refractivity contribution in [3.8, 4) is 0 Å². The Bertz CT molecular complexity index is 224. The third kappa shape index (κ3) is 2.21. The average molecular weight is 310 g/mol. The molecular weight excluding hydrogens is 293 g/mol. The number of hydrogen-bond donors (Lipinski definition) is 1. The molecule has 3 heterocycles. The Balaban J connectivity index is 1.90. The smallest absolute Gasteiger partial charge is 0.319 e. The van der Waals surface area contributed by atoms with Crippen molar-refractivity contribution in [1.82, 2.24) is 0 Å². The summed E-state index contributed by atoms with van der Waals surface area (Å²) in [6.45, 7) is 5.48. The van der Waals surface area contributed by atoms with Gasteiger partial charge in [-0.15, -0.1) is 0 Å². The molecule has 0 radical (unpaired) electrons. The van der Waals surface area contributed by atoms with Crippen LogP contribution < -0.4 is 4.90 Å². The maximum absolute atomic E-state index is 11.4. The summed E-state index contributed by atoms with van der Waals surface area (Å²) in [5, 5.41) is 0. The molecule has 0 amide bonds. The van der Waals surface area contributed by atoms with E-state index in [2.05, 4.69) is 22.6 Å². The van der Waals surface area contributed by atoms with Crippen LogP contribution in [0.2, 0.25) is 0 Å². The fourth-order valence-corrected chi connectivity index (χ4v) is 2.60. The first kappa shape index (κ1) is 10.7. The number of carbonyl (C=O) groups is 1. The first-order chi connectivity index (χ1) is 6.66. The number of nitrogens with one attached hydrogen (secondary N) is 1. The Labute approximate surface area is 98.3 Å². The summed E-state index contributed by atoms with van der Waals surface area (Å²) in [6, 6.07) is 0. The number of ether oxygens (including phenoxy) is 1. The van der Waals surface area contributed by atoms with Gasteiger partial charge in [0.1, 0.15) is 10.5 Å². The SMILES string of the molecule is CC(I)C(=O)OC1C[NH+]2CCC1CC2. The predicted molar refractivity (Wildman–Crippen MR) is 61.6 cm³/mol. The Morgan fingerprint density at radius 2 is 2.14 bits per heavy atom. The first-order valence-electron chi connectivity index (χ1n) is 5.35. The molecular formula is C10H17INO2+. The van der Waals surface area contributed by atoms with Gasteiger partial charge < -0.3 is 9.64 Å². The molecule has 0 spiro atoms. The van der Waals surface area contributed by atoms with Crippen molar-refractivity contribution in [3.05, 3.63) is 0 Å². The first-order valence-corrected chi connectivity index (χ1v) is 6.59. The predicted octanol–water partition coefficient (Wildman–Crippen LogP) is 0.0302. The molecule has 2 atom stereocenters. The third-order valence-electron chi connectivity index (χ3n) is 3.35. The van der Waals surface area contributed by atoms with Gasteiger partial charge >= 0.3 is 5.97 Å². The number of rotatable bonds is 2. The highest BCUT2D eigenvalue weighted by atomic mass is 127. The second-order valence-corrected chi connectivity index (χ2v) is 6.25. The van der Waals surface area contributed by atoms with Crippen LogP contribution in [0.3, 0.4) is 0 Å². The topological polar surface area (TPSA) is 30.7 Å². The number of hydrogen-bond acceptors (Lipinski definition) is 2. The van der Waals surface area contributed by atoms with Crippen LogP contribution in [0.4, 0.5) is 0 Å². The highest BCUT2D eigenvalue weighted by molar-refractivity contribution is 14.1. The molecule has 2 bridgehead atoms. The summed E-state index contributed by atoms with van der Waals surface area (Å²) in [7, 11) is 0.